The van der Waals surface area contributed by atoms with Crippen molar-refractivity contribution < 1.29 is 0 Å². The first-order valence-electron chi connectivity index (χ1n) is 5.99. The van der Waals surface area contributed by atoms with Crippen LogP contribution in [0.4, 0.5) is 5.82 Å². The fraction of sp³-hybridized carbons (Fsp3) is 0.357. The van der Waals surface area contributed by atoms with Gasteiger partial charge in [-0.15, -0.1) is 0 Å². The minimum atomic E-state index is 0.642. The lowest BCUT2D eigenvalue weighted by Gasteiger charge is -2.07. The number of hydrogen-bond acceptors (Lipinski definition) is 2. The van der Waals surface area contributed by atoms with Crippen molar-refractivity contribution in [2.75, 3.05) is 5.32 Å². The molecule has 0 saturated heterocycles. The van der Waals surface area contributed by atoms with E-state index in [9.17, 15) is 0 Å². The first kappa shape index (κ1) is 9.64. The van der Waals surface area contributed by atoms with E-state index in [1.54, 1.807) is 0 Å². The van der Waals surface area contributed by atoms with Crippen LogP contribution in [-0.4, -0.2) is 11.0 Å². The molecule has 2 heteroatoms. The monoisotopic (exact) mass is 212 g/mol. The van der Waals surface area contributed by atoms with Gasteiger partial charge in [-0.1, -0.05) is 37.6 Å². The van der Waals surface area contributed by atoms with Gasteiger partial charge >= 0.3 is 0 Å². The number of nitrogens with zero attached hydrogens (tertiary/aromatic N) is 1. The first-order valence-corrected chi connectivity index (χ1v) is 5.99. The number of nitrogens with one attached hydrogen (secondary N) is 1. The van der Waals surface area contributed by atoms with Gasteiger partial charge in [0.15, 0.2) is 0 Å². The number of benzene rings is 1. The van der Waals surface area contributed by atoms with Gasteiger partial charge in [-0.3, -0.25) is 0 Å². The maximum absolute atomic E-state index is 4.44. The molecule has 1 aliphatic rings. The minimum absolute atomic E-state index is 0.642. The summed E-state index contributed by atoms with van der Waals surface area (Å²) in [4.78, 5) is 4.44. The molecule has 0 spiro atoms. The van der Waals surface area contributed by atoms with E-state index in [2.05, 4.69) is 47.6 Å². The van der Waals surface area contributed by atoms with E-state index in [1.807, 2.05) is 6.20 Å². The highest BCUT2D eigenvalue weighted by Crippen LogP contribution is 2.36. The standard InChI is InChI=1S/C14H16N2/c1-2-10-9-13(10)16-14-12-6-4-3-5-11(12)7-8-15-14/h3-8,10,13H,2,9H2,1H3,(H,15,16). The van der Waals surface area contributed by atoms with Crippen LogP contribution in [0.15, 0.2) is 36.5 Å². The van der Waals surface area contributed by atoms with Crippen LogP contribution in [0.5, 0.6) is 0 Å². The summed E-state index contributed by atoms with van der Waals surface area (Å²) in [6.45, 7) is 2.25. The van der Waals surface area contributed by atoms with Crippen molar-refractivity contribution in [2.45, 2.75) is 25.8 Å². The Kier molecular flexibility index (Phi) is 2.28. The topological polar surface area (TPSA) is 24.9 Å². The van der Waals surface area contributed by atoms with E-state index in [0.29, 0.717) is 6.04 Å². The van der Waals surface area contributed by atoms with Crippen LogP contribution in [0.25, 0.3) is 10.8 Å². The van der Waals surface area contributed by atoms with Gasteiger partial charge < -0.3 is 5.32 Å². The highest BCUT2D eigenvalue weighted by Gasteiger charge is 2.35. The predicted molar refractivity (Wildman–Crippen MR) is 67.6 cm³/mol. The number of anilines is 1. The third kappa shape index (κ3) is 1.64. The van der Waals surface area contributed by atoms with Crippen LogP contribution in [0.2, 0.25) is 0 Å². The van der Waals surface area contributed by atoms with Gasteiger partial charge in [-0.05, 0) is 23.8 Å². The van der Waals surface area contributed by atoms with Crippen molar-refractivity contribution in [2.24, 2.45) is 5.92 Å². The second-order valence-corrected chi connectivity index (χ2v) is 4.54. The zero-order valence-electron chi connectivity index (χ0n) is 9.48. The Morgan fingerprint density at radius 3 is 3.00 bits per heavy atom. The lowest BCUT2D eigenvalue weighted by Crippen LogP contribution is -2.06. The van der Waals surface area contributed by atoms with Crippen LogP contribution in [-0.2, 0) is 0 Å². The number of fused-ring (bicyclic) bond motifs is 1. The van der Waals surface area contributed by atoms with Gasteiger partial charge in [0.2, 0.25) is 0 Å². The molecule has 1 aromatic heterocycles. The second kappa shape index (κ2) is 3.78. The van der Waals surface area contributed by atoms with E-state index in [0.717, 1.165) is 11.7 Å². The third-order valence-corrected chi connectivity index (χ3v) is 3.44. The summed E-state index contributed by atoms with van der Waals surface area (Å²) in [6, 6.07) is 11.1. The second-order valence-electron chi connectivity index (χ2n) is 4.54. The number of rotatable bonds is 3. The highest BCUT2D eigenvalue weighted by atomic mass is 15.0. The van der Waals surface area contributed by atoms with Crippen LogP contribution >= 0.6 is 0 Å². The average Bonchev–Trinajstić information content (AvgIpc) is 3.08. The average molecular weight is 212 g/mol. The van der Waals surface area contributed by atoms with Crippen LogP contribution < -0.4 is 5.32 Å². The SMILES string of the molecule is CCC1CC1Nc1nccc2ccccc12. The van der Waals surface area contributed by atoms with E-state index >= 15 is 0 Å². The zero-order valence-corrected chi connectivity index (χ0v) is 9.48. The highest BCUT2D eigenvalue weighted by molar-refractivity contribution is 5.91. The van der Waals surface area contributed by atoms with Gasteiger partial charge in [0, 0.05) is 17.6 Å². The Morgan fingerprint density at radius 1 is 1.31 bits per heavy atom. The lowest BCUT2D eigenvalue weighted by molar-refractivity contribution is 0.774. The molecule has 0 amide bonds. The van der Waals surface area contributed by atoms with Crippen molar-refractivity contribution in [1.82, 2.24) is 4.98 Å². The molecule has 2 atom stereocenters. The van der Waals surface area contributed by atoms with Crippen molar-refractivity contribution in [3.63, 3.8) is 0 Å². The zero-order chi connectivity index (χ0) is 11.0. The number of pyridine rings is 1. The summed E-state index contributed by atoms with van der Waals surface area (Å²) in [7, 11) is 0. The van der Waals surface area contributed by atoms with Gasteiger partial charge in [-0.25, -0.2) is 4.98 Å². The molecule has 1 N–H and O–H groups in total. The first-order chi connectivity index (χ1) is 7.88. The predicted octanol–water partition coefficient (Wildman–Crippen LogP) is 3.45. The normalized spacial score (nSPS) is 23.3. The summed E-state index contributed by atoms with van der Waals surface area (Å²) in [5, 5.41) is 6.04. The molecule has 3 rings (SSSR count). The number of aromatic nitrogens is 1. The number of hydrogen-bond donors (Lipinski definition) is 1. The fourth-order valence-corrected chi connectivity index (χ4v) is 2.29. The molecule has 0 bridgehead atoms. The fourth-order valence-electron chi connectivity index (χ4n) is 2.29. The Hall–Kier alpha value is -1.57. The summed E-state index contributed by atoms with van der Waals surface area (Å²) in [5.74, 6) is 1.89. The quantitative estimate of drug-likeness (QED) is 0.843. The van der Waals surface area contributed by atoms with Crippen LogP contribution in [0.3, 0.4) is 0 Å². The summed E-state index contributed by atoms with van der Waals surface area (Å²) >= 11 is 0. The molecule has 1 fully saturated rings. The molecule has 1 aromatic carbocycles. The van der Waals surface area contributed by atoms with E-state index < -0.39 is 0 Å². The molecule has 1 saturated carbocycles. The molecule has 82 valence electrons. The largest absolute Gasteiger partial charge is 0.367 e. The van der Waals surface area contributed by atoms with Crippen molar-refractivity contribution in [3.05, 3.63) is 36.5 Å². The Labute approximate surface area is 95.7 Å². The van der Waals surface area contributed by atoms with Gasteiger partial charge in [0.1, 0.15) is 5.82 Å². The van der Waals surface area contributed by atoms with Crippen LogP contribution in [0.1, 0.15) is 19.8 Å². The maximum atomic E-state index is 4.44. The molecular formula is C14H16N2. The summed E-state index contributed by atoms with van der Waals surface area (Å²) < 4.78 is 0. The molecule has 2 nitrogen and oxygen atoms in total. The maximum Gasteiger partial charge on any atom is 0.134 e. The van der Waals surface area contributed by atoms with Gasteiger partial charge in [-0.2, -0.15) is 0 Å². The van der Waals surface area contributed by atoms with Crippen molar-refractivity contribution in [3.8, 4) is 0 Å². The lowest BCUT2D eigenvalue weighted by atomic mass is 10.1. The van der Waals surface area contributed by atoms with E-state index in [1.165, 1.54) is 23.6 Å². The van der Waals surface area contributed by atoms with E-state index in [4.69, 9.17) is 0 Å². The van der Waals surface area contributed by atoms with Gasteiger partial charge in [0.25, 0.3) is 0 Å². The van der Waals surface area contributed by atoms with E-state index in [-0.39, 0.29) is 0 Å². The summed E-state index contributed by atoms with van der Waals surface area (Å²) in [6.07, 6.45) is 4.44. The molecule has 0 aliphatic heterocycles. The molecule has 1 heterocycles. The molecule has 16 heavy (non-hydrogen) atoms. The smallest absolute Gasteiger partial charge is 0.134 e. The summed E-state index contributed by atoms with van der Waals surface area (Å²) in [5.41, 5.74) is 0. The molecular weight excluding hydrogens is 196 g/mol. The molecule has 2 unspecified atom stereocenters. The molecule has 1 aliphatic carbocycles. The molecule has 2 aromatic rings. The Morgan fingerprint density at radius 2 is 2.19 bits per heavy atom. The van der Waals surface area contributed by atoms with Crippen molar-refractivity contribution in [1.29, 1.82) is 0 Å². The van der Waals surface area contributed by atoms with Crippen molar-refractivity contribution >= 4 is 16.6 Å². The minimum Gasteiger partial charge on any atom is -0.367 e. The van der Waals surface area contributed by atoms with Gasteiger partial charge in [0.05, 0.1) is 0 Å². The third-order valence-electron chi connectivity index (χ3n) is 3.44. The van der Waals surface area contributed by atoms with Crippen LogP contribution in [0, 0.1) is 5.92 Å². The Bertz CT molecular complexity index is 502. The Balaban J connectivity index is 1.92. The molecule has 0 radical (unpaired) electrons.